The third-order valence-corrected chi connectivity index (χ3v) is 5.62. The number of carbonyl (C=O) groups excluding carboxylic acids is 1. The zero-order valence-electron chi connectivity index (χ0n) is 10.8. The van der Waals surface area contributed by atoms with Crippen LogP contribution in [0.4, 0.5) is 0 Å². The second-order valence-corrected chi connectivity index (χ2v) is 6.61. The molecule has 0 radical (unpaired) electrons. The molecule has 18 heavy (non-hydrogen) atoms. The first-order valence-electron chi connectivity index (χ1n) is 7.00. The summed E-state index contributed by atoms with van der Waals surface area (Å²) in [5, 5.41) is 0. The number of Topliss-reactive ketones (excluding diaryl/α,β-unsaturated/α-hetero) is 1. The van der Waals surface area contributed by atoms with Gasteiger partial charge >= 0.3 is 0 Å². The smallest absolute Gasteiger partial charge is 0.147 e. The van der Waals surface area contributed by atoms with Crippen LogP contribution in [0.25, 0.3) is 0 Å². The highest BCUT2D eigenvalue weighted by Gasteiger charge is 2.61. The van der Waals surface area contributed by atoms with Crippen molar-refractivity contribution < 1.29 is 4.79 Å². The molecule has 2 aliphatic rings. The molecule has 0 aliphatic heterocycles. The Labute approximate surface area is 117 Å². The Morgan fingerprint density at radius 2 is 1.89 bits per heavy atom. The molecule has 0 unspecified atom stereocenters. The number of hydrogen-bond acceptors (Lipinski definition) is 1. The fourth-order valence-corrected chi connectivity index (χ4v) is 4.46. The molecule has 96 valence electrons. The lowest BCUT2D eigenvalue weighted by Crippen LogP contribution is -2.61. The molecular weight excluding hydrogens is 288 g/mol. The molecule has 2 fully saturated rings. The summed E-state index contributed by atoms with van der Waals surface area (Å²) in [6, 6.07) is 8.40. The van der Waals surface area contributed by atoms with E-state index in [1.807, 2.05) is 0 Å². The van der Waals surface area contributed by atoms with Crippen LogP contribution in [0.1, 0.15) is 44.6 Å². The van der Waals surface area contributed by atoms with Crippen LogP contribution in [0.3, 0.4) is 0 Å². The van der Waals surface area contributed by atoms with Crippen LogP contribution in [-0.2, 0) is 10.2 Å². The zero-order chi connectivity index (χ0) is 12.8. The van der Waals surface area contributed by atoms with E-state index in [4.69, 9.17) is 0 Å². The molecule has 0 heterocycles. The molecule has 0 N–H and O–H groups in total. The van der Waals surface area contributed by atoms with E-state index in [1.165, 1.54) is 24.8 Å². The van der Waals surface area contributed by atoms with E-state index in [0.717, 1.165) is 17.3 Å². The summed E-state index contributed by atoms with van der Waals surface area (Å²) in [7, 11) is 0. The number of fused-ring (bicyclic) bond motifs is 1. The Kier molecular flexibility index (Phi) is 3.09. The van der Waals surface area contributed by atoms with E-state index in [9.17, 15) is 4.79 Å². The van der Waals surface area contributed by atoms with Crippen LogP contribution < -0.4 is 0 Å². The van der Waals surface area contributed by atoms with Crippen molar-refractivity contribution in [3.05, 3.63) is 34.3 Å². The predicted molar refractivity (Wildman–Crippen MR) is 76.6 cm³/mol. The van der Waals surface area contributed by atoms with Gasteiger partial charge in [0.25, 0.3) is 0 Å². The highest BCUT2D eigenvalue weighted by atomic mass is 79.9. The van der Waals surface area contributed by atoms with Gasteiger partial charge in [-0.2, -0.15) is 0 Å². The third kappa shape index (κ3) is 1.54. The fourth-order valence-electron chi connectivity index (χ4n) is 4.20. The molecular formula is C16H19BrO. The third-order valence-electron chi connectivity index (χ3n) is 5.09. The Balaban J connectivity index is 2.00. The van der Waals surface area contributed by atoms with Crippen LogP contribution in [0.2, 0.25) is 0 Å². The Bertz CT molecular complexity index is 464. The van der Waals surface area contributed by atoms with Gasteiger partial charge in [-0.25, -0.2) is 0 Å². The molecule has 1 aromatic rings. The molecule has 1 aromatic carbocycles. The minimum Gasteiger partial charge on any atom is -0.298 e. The maximum absolute atomic E-state index is 12.6. The van der Waals surface area contributed by atoms with E-state index < -0.39 is 0 Å². The van der Waals surface area contributed by atoms with Crippen molar-refractivity contribution in [2.24, 2.45) is 11.8 Å². The first-order chi connectivity index (χ1) is 8.70. The summed E-state index contributed by atoms with van der Waals surface area (Å²) in [4.78, 5) is 12.6. The molecule has 1 nitrogen and oxygen atoms in total. The maximum atomic E-state index is 12.6. The predicted octanol–water partition coefficient (Wildman–Crippen LogP) is 4.49. The topological polar surface area (TPSA) is 17.1 Å². The highest BCUT2D eigenvalue weighted by Crippen LogP contribution is 2.57. The Morgan fingerprint density at radius 1 is 1.22 bits per heavy atom. The first-order valence-corrected chi connectivity index (χ1v) is 7.80. The van der Waals surface area contributed by atoms with Gasteiger partial charge in [0.2, 0.25) is 0 Å². The van der Waals surface area contributed by atoms with Crippen molar-refractivity contribution >= 4 is 21.7 Å². The lowest BCUT2D eigenvalue weighted by molar-refractivity contribution is -0.151. The van der Waals surface area contributed by atoms with Gasteiger partial charge in [0.15, 0.2) is 0 Å². The fraction of sp³-hybridized carbons (Fsp3) is 0.562. The van der Waals surface area contributed by atoms with E-state index >= 15 is 0 Å². The Hall–Kier alpha value is -0.630. The van der Waals surface area contributed by atoms with Gasteiger partial charge in [-0.05, 0) is 42.9 Å². The summed E-state index contributed by atoms with van der Waals surface area (Å²) in [6.45, 7) is 2.17. The second-order valence-electron chi connectivity index (χ2n) is 5.69. The number of halogens is 1. The monoisotopic (exact) mass is 306 g/mol. The summed E-state index contributed by atoms with van der Waals surface area (Å²) in [5.74, 6) is 1.48. The van der Waals surface area contributed by atoms with E-state index in [0.29, 0.717) is 17.6 Å². The normalized spacial score (nSPS) is 34.9. The van der Waals surface area contributed by atoms with Gasteiger partial charge in [0.1, 0.15) is 5.78 Å². The van der Waals surface area contributed by atoms with Crippen molar-refractivity contribution in [1.29, 1.82) is 0 Å². The second kappa shape index (κ2) is 4.48. The van der Waals surface area contributed by atoms with Gasteiger partial charge in [0.05, 0.1) is 5.41 Å². The lowest BCUT2D eigenvalue weighted by Gasteiger charge is -2.56. The van der Waals surface area contributed by atoms with Crippen LogP contribution >= 0.6 is 15.9 Å². The standard InChI is InChI=1S/C16H19BrO/c1-2-16(11-7-9-12(17)10-8-11)14-6-4-3-5-13(14)15(16)18/h7-10,13-14H,2-6H2,1H3/t13-,14+,16-/m1/s1. The SMILES string of the molecule is CC[C@]1(c2ccc(Br)cc2)C(=O)[C@@H]2CCCC[C@@H]21. The molecule has 3 rings (SSSR count). The number of rotatable bonds is 2. The highest BCUT2D eigenvalue weighted by molar-refractivity contribution is 9.10. The molecule has 2 aliphatic carbocycles. The van der Waals surface area contributed by atoms with Crippen LogP contribution in [0.15, 0.2) is 28.7 Å². The Morgan fingerprint density at radius 3 is 2.56 bits per heavy atom. The molecule has 3 atom stereocenters. The molecule has 0 spiro atoms. The first kappa shape index (κ1) is 12.4. The largest absolute Gasteiger partial charge is 0.298 e. The van der Waals surface area contributed by atoms with E-state index in [2.05, 4.69) is 47.1 Å². The van der Waals surface area contributed by atoms with Gasteiger partial charge in [-0.15, -0.1) is 0 Å². The van der Waals surface area contributed by atoms with E-state index in [1.54, 1.807) is 0 Å². The summed E-state index contributed by atoms with van der Waals surface area (Å²) in [5.41, 5.74) is 1.08. The molecule has 0 bridgehead atoms. The maximum Gasteiger partial charge on any atom is 0.147 e. The molecule has 0 amide bonds. The molecule has 0 aromatic heterocycles. The van der Waals surface area contributed by atoms with Crippen LogP contribution in [-0.4, -0.2) is 5.78 Å². The molecule has 2 saturated carbocycles. The van der Waals surface area contributed by atoms with Gasteiger partial charge in [-0.3, -0.25) is 4.79 Å². The summed E-state index contributed by atoms with van der Waals surface area (Å²) < 4.78 is 1.09. The number of hydrogen-bond donors (Lipinski definition) is 0. The van der Waals surface area contributed by atoms with Crippen molar-refractivity contribution in [3.63, 3.8) is 0 Å². The number of ketones is 1. The van der Waals surface area contributed by atoms with Crippen molar-refractivity contribution in [1.82, 2.24) is 0 Å². The summed E-state index contributed by atoms with van der Waals surface area (Å²) in [6.07, 6.45) is 5.86. The summed E-state index contributed by atoms with van der Waals surface area (Å²) >= 11 is 3.47. The minimum atomic E-state index is -0.161. The van der Waals surface area contributed by atoms with Crippen molar-refractivity contribution in [2.75, 3.05) is 0 Å². The van der Waals surface area contributed by atoms with E-state index in [-0.39, 0.29) is 5.41 Å². The van der Waals surface area contributed by atoms with Gasteiger partial charge < -0.3 is 0 Å². The number of benzene rings is 1. The van der Waals surface area contributed by atoms with Crippen molar-refractivity contribution in [2.45, 2.75) is 44.4 Å². The van der Waals surface area contributed by atoms with Crippen LogP contribution in [0, 0.1) is 11.8 Å². The van der Waals surface area contributed by atoms with Gasteiger partial charge in [-0.1, -0.05) is 47.8 Å². The molecule has 2 heteroatoms. The quantitative estimate of drug-likeness (QED) is 0.787. The lowest BCUT2D eigenvalue weighted by atomic mass is 9.45. The zero-order valence-corrected chi connectivity index (χ0v) is 12.4. The average molecular weight is 307 g/mol. The minimum absolute atomic E-state index is 0.161. The van der Waals surface area contributed by atoms with Gasteiger partial charge in [0, 0.05) is 10.4 Å². The molecule has 0 saturated heterocycles. The van der Waals surface area contributed by atoms with Crippen molar-refractivity contribution in [3.8, 4) is 0 Å². The average Bonchev–Trinajstić information content (AvgIpc) is 2.41. The van der Waals surface area contributed by atoms with Crippen LogP contribution in [0.5, 0.6) is 0 Å². The number of carbonyl (C=O) groups is 1.